The van der Waals surface area contributed by atoms with Gasteiger partial charge in [-0.05, 0) is 74.5 Å². The zero-order valence-electron chi connectivity index (χ0n) is 20.4. The van der Waals surface area contributed by atoms with Gasteiger partial charge in [-0.2, -0.15) is 0 Å². The second-order valence-electron chi connectivity index (χ2n) is 10.1. The molecule has 0 fully saturated rings. The highest BCUT2D eigenvalue weighted by atomic mass is 32.1. The molecular weight excluding hydrogens is 480 g/mol. The van der Waals surface area contributed by atoms with Crippen LogP contribution in [0.1, 0.15) is 0 Å². The Hall–Kier alpha value is -4.66. The number of hydrogen-bond donors (Lipinski definition) is 0. The van der Waals surface area contributed by atoms with Gasteiger partial charge in [0, 0.05) is 36.3 Å². The molecule has 2 heteroatoms. The quantitative estimate of drug-likeness (QED) is 0.204. The monoisotopic (exact) mass is 500 g/mol. The molecule has 0 aliphatic carbocycles. The smallest absolute Gasteiger partial charge is 0.136 e. The third-order valence-corrected chi connectivity index (χ3v) is 9.23. The Morgan fingerprint density at radius 1 is 0.421 bits per heavy atom. The average molecular weight is 501 g/mol. The van der Waals surface area contributed by atoms with Gasteiger partial charge < -0.3 is 4.42 Å². The fourth-order valence-electron chi connectivity index (χ4n) is 6.26. The number of rotatable bonds is 1. The van der Waals surface area contributed by atoms with Gasteiger partial charge in [0.05, 0.1) is 0 Å². The summed E-state index contributed by atoms with van der Waals surface area (Å²) in [6, 6.07) is 44.2. The van der Waals surface area contributed by atoms with Gasteiger partial charge in [0.2, 0.25) is 0 Å². The number of benzene rings is 7. The molecule has 0 spiro atoms. The minimum Gasteiger partial charge on any atom is -0.456 e. The molecule has 2 heterocycles. The number of thiophene rings is 1. The predicted molar refractivity (Wildman–Crippen MR) is 165 cm³/mol. The lowest BCUT2D eigenvalue weighted by Gasteiger charge is -2.12. The minimum atomic E-state index is 0.942. The van der Waals surface area contributed by atoms with Gasteiger partial charge in [-0.1, -0.05) is 84.9 Å². The van der Waals surface area contributed by atoms with Crippen LogP contribution in [0.25, 0.3) is 85.6 Å². The van der Waals surface area contributed by atoms with E-state index < -0.39 is 0 Å². The number of fused-ring (bicyclic) bond motifs is 10. The second kappa shape index (κ2) is 7.44. The molecule has 0 unspecified atom stereocenters. The Morgan fingerprint density at radius 3 is 1.95 bits per heavy atom. The van der Waals surface area contributed by atoms with E-state index >= 15 is 0 Å². The van der Waals surface area contributed by atoms with Crippen molar-refractivity contribution in [3.05, 3.63) is 121 Å². The first-order chi connectivity index (χ1) is 18.8. The van der Waals surface area contributed by atoms with Crippen LogP contribution in [0.15, 0.2) is 126 Å². The van der Waals surface area contributed by atoms with E-state index in [2.05, 4.69) is 109 Å². The minimum absolute atomic E-state index is 0.942. The van der Waals surface area contributed by atoms with E-state index in [1.165, 1.54) is 74.4 Å². The number of para-hydroxylation sites is 1. The van der Waals surface area contributed by atoms with Crippen LogP contribution in [0.5, 0.6) is 0 Å². The summed E-state index contributed by atoms with van der Waals surface area (Å²) in [6.07, 6.45) is 0. The van der Waals surface area contributed by atoms with Crippen molar-refractivity contribution in [3.8, 4) is 11.1 Å². The van der Waals surface area contributed by atoms with E-state index in [0.29, 0.717) is 0 Å². The highest BCUT2D eigenvalue weighted by molar-refractivity contribution is 7.26. The molecule has 0 aliphatic heterocycles. The summed E-state index contributed by atoms with van der Waals surface area (Å²) in [5, 5.41) is 12.6. The van der Waals surface area contributed by atoms with Gasteiger partial charge >= 0.3 is 0 Å². The van der Waals surface area contributed by atoms with Crippen LogP contribution >= 0.6 is 11.3 Å². The lowest BCUT2D eigenvalue weighted by molar-refractivity contribution is 0.669. The fourth-order valence-corrected chi connectivity index (χ4v) is 7.47. The van der Waals surface area contributed by atoms with Crippen LogP contribution in [0.2, 0.25) is 0 Å². The molecular formula is C36H20OS. The van der Waals surface area contributed by atoms with Crippen molar-refractivity contribution in [1.29, 1.82) is 0 Å². The maximum Gasteiger partial charge on any atom is 0.136 e. The molecule has 1 nitrogen and oxygen atoms in total. The normalized spacial score (nSPS) is 12.2. The van der Waals surface area contributed by atoms with E-state index in [1.54, 1.807) is 0 Å². The van der Waals surface area contributed by atoms with Gasteiger partial charge in [-0.15, -0.1) is 11.3 Å². The Labute approximate surface area is 222 Å². The molecule has 0 aliphatic rings. The maximum atomic E-state index is 6.17. The summed E-state index contributed by atoms with van der Waals surface area (Å²) in [5.41, 5.74) is 4.47. The third kappa shape index (κ3) is 2.75. The molecule has 0 bridgehead atoms. The third-order valence-electron chi connectivity index (χ3n) is 8.01. The first-order valence-corrected chi connectivity index (χ1v) is 13.7. The molecule has 0 saturated carbocycles. The van der Waals surface area contributed by atoms with Crippen LogP contribution in [0, 0.1) is 0 Å². The summed E-state index contributed by atoms with van der Waals surface area (Å²) in [4.78, 5) is 0. The molecule has 38 heavy (non-hydrogen) atoms. The fraction of sp³-hybridized carbons (Fsp3) is 0. The number of furan rings is 1. The highest BCUT2D eigenvalue weighted by Crippen LogP contribution is 2.44. The SMILES string of the molecule is c1ccc2c(-c3ccc4sc5c6cc7c(cc6ccc5c4c3)oc3ccccc37)c3ccccc3cc2c1. The molecule has 0 amide bonds. The van der Waals surface area contributed by atoms with Crippen LogP contribution in [0.4, 0.5) is 0 Å². The molecule has 0 atom stereocenters. The van der Waals surface area contributed by atoms with Crippen molar-refractivity contribution in [1.82, 2.24) is 0 Å². The van der Waals surface area contributed by atoms with Crippen molar-refractivity contribution in [2.24, 2.45) is 0 Å². The molecule has 9 aromatic rings. The van der Waals surface area contributed by atoms with E-state index in [9.17, 15) is 0 Å². The highest BCUT2D eigenvalue weighted by Gasteiger charge is 2.15. The van der Waals surface area contributed by atoms with E-state index in [-0.39, 0.29) is 0 Å². The Bertz CT molecular complexity index is 2350. The van der Waals surface area contributed by atoms with Crippen molar-refractivity contribution in [2.75, 3.05) is 0 Å². The summed E-state index contributed by atoms with van der Waals surface area (Å²) in [7, 11) is 0. The second-order valence-corrected chi connectivity index (χ2v) is 11.2. The van der Waals surface area contributed by atoms with Gasteiger partial charge in [0.25, 0.3) is 0 Å². The Balaban J connectivity index is 1.36. The first-order valence-electron chi connectivity index (χ1n) is 12.9. The van der Waals surface area contributed by atoms with Crippen molar-refractivity contribution in [2.45, 2.75) is 0 Å². The van der Waals surface area contributed by atoms with Gasteiger partial charge in [-0.3, -0.25) is 0 Å². The van der Waals surface area contributed by atoms with Gasteiger partial charge in [0.15, 0.2) is 0 Å². The Kier molecular flexibility index (Phi) is 3.99. The van der Waals surface area contributed by atoms with Crippen molar-refractivity contribution < 1.29 is 4.42 Å². The Morgan fingerprint density at radius 2 is 1.13 bits per heavy atom. The largest absolute Gasteiger partial charge is 0.456 e. The van der Waals surface area contributed by atoms with Crippen LogP contribution in [-0.4, -0.2) is 0 Å². The van der Waals surface area contributed by atoms with Crippen molar-refractivity contribution >= 4 is 85.8 Å². The zero-order chi connectivity index (χ0) is 24.8. The molecule has 0 saturated heterocycles. The standard InChI is InChI=1S/C36H20OS/c1-3-9-25-21(7-1)17-22-8-2-4-10-26(22)35(25)24-14-16-34-31(18-24)28-15-13-23-19-33-30(20-29(23)36(28)38-34)27-11-5-6-12-32(27)37-33/h1-20H. The maximum absolute atomic E-state index is 6.17. The van der Waals surface area contributed by atoms with Gasteiger partial charge in [0.1, 0.15) is 11.2 Å². The molecule has 9 rings (SSSR count). The summed E-state index contributed by atoms with van der Waals surface area (Å²) < 4.78 is 8.83. The van der Waals surface area contributed by atoms with E-state index in [1.807, 2.05) is 23.5 Å². The van der Waals surface area contributed by atoms with E-state index in [4.69, 9.17) is 4.42 Å². The summed E-state index contributed by atoms with van der Waals surface area (Å²) in [5.74, 6) is 0. The number of hydrogen-bond acceptors (Lipinski definition) is 2. The van der Waals surface area contributed by atoms with Crippen LogP contribution in [0.3, 0.4) is 0 Å². The van der Waals surface area contributed by atoms with Crippen molar-refractivity contribution in [3.63, 3.8) is 0 Å². The first kappa shape index (κ1) is 20.4. The van der Waals surface area contributed by atoms with Crippen LogP contribution < -0.4 is 0 Å². The van der Waals surface area contributed by atoms with Gasteiger partial charge in [-0.25, -0.2) is 0 Å². The molecule has 7 aromatic carbocycles. The average Bonchev–Trinajstić information content (AvgIpc) is 3.52. The zero-order valence-corrected chi connectivity index (χ0v) is 21.2. The summed E-state index contributed by atoms with van der Waals surface area (Å²) >= 11 is 1.89. The summed E-state index contributed by atoms with van der Waals surface area (Å²) in [6.45, 7) is 0. The molecule has 176 valence electrons. The lowest BCUT2D eigenvalue weighted by atomic mass is 9.91. The molecule has 0 radical (unpaired) electrons. The topological polar surface area (TPSA) is 13.1 Å². The van der Waals surface area contributed by atoms with Crippen LogP contribution in [-0.2, 0) is 0 Å². The molecule has 0 N–H and O–H groups in total. The predicted octanol–water partition coefficient (Wildman–Crippen LogP) is 11.1. The molecule has 2 aromatic heterocycles. The van der Waals surface area contributed by atoms with E-state index in [0.717, 1.165) is 11.2 Å². The lowest BCUT2D eigenvalue weighted by Crippen LogP contribution is -1.85.